The monoisotopic (exact) mass is 471 g/mol. The normalized spacial score (nSPS) is 10.9. The Bertz CT molecular complexity index is 1080. The van der Waals surface area contributed by atoms with Crippen LogP contribution in [0.5, 0.6) is 5.75 Å². The van der Waals surface area contributed by atoms with Crippen molar-refractivity contribution in [1.82, 2.24) is 5.43 Å². The third kappa shape index (κ3) is 5.32. The molecule has 0 aliphatic rings. The molecule has 1 amide bonds. The zero-order valence-electron chi connectivity index (χ0n) is 16.0. The van der Waals surface area contributed by atoms with Crippen molar-refractivity contribution in [1.29, 1.82) is 0 Å². The lowest BCUT2D eigenvalue weighted by atomic mass is 10.1. The van der Waals surface area contributed by atoms with E-state index in [4.69, 9.17) is 9.15 Å². The van der Waals surface area contributed by atoms with E-state index in [9.17, 15) is 14.9 Å². The number of amides is 1. The Morgan fingerprint density at radius 2 is 2.00 bits per heavy atom. The number of rotatable bonds is 8. The molecule has 3 aromatic rings. The molecule has 9 heteroatoms. The maximum atomic E-state index is 12.2. The maximum absolute atomic E-state index is 12.2. The molecule has 3 rings (SSSR count). The van der Waals surface area contributed by atoms with Crippen molar-refractivity contribution in [2.45, 2.75) is 13.3 Å². The number of nitrogens with one attached hydrogen (secondary N) is 1. The van der Waals surface area contributed by atoms with Gasteiger partial charge in [-0.15, -0.1) is 0 Å². The van der Waals surface area contributed by atoms with Gasteiger partial charge in [0.05, 0.1) is 23.3 Å². The average Bonchev–Trinajstić information content (AvgIpc) is 3.21. The molecule has 1 heterocycles. The van der Waals surface area contributed by atoms with E-state index in [-0.39, 0.29) is 11.6 Å². The van der Waals surface area contributed by atoms with Crippen molar-refractivity contribution in [3.05, 3.63) is 80.5 Å². The maximum Gasteiger partial charge on any atom is 0.281 e. The van der Waals surface area contributed by atoms with Crippen molar-refractivity contribution in [3.8, 4) is 17.1 Å². The Morgan fingerprint density at radius 1 is 1.23 bits per heavy atom. The molecule has 0 bridgehead atoms. The molecule has 154 valence electrons. The molecule has 0 radical (unpaired) electrons. The van der Waals surface area contributed by atoms with E-state index in [0.717, 1.165) is 6.42 Å². The Morgan fingerprint density at radius 3 is 2.70 bits per heavy atom. The van der Waals surface area contributed by atoms with Crippen LogP contribution in [0, 0.1) is 10.1 Å². The van der Waals surface area contributed by atoms with Gasteiger partial charge >= 0.3 is 0 Å². The number of carbonyl (C=O) groups excluding carboxylic acids is 1. The van der Waals surface area contributed by atoms with Crippen LogP contribution < -0.4 is 10.2 Å². The zero-order chi connectivity index (χ0) is 21.5. The Labute approximate surface area is 180 Å². The van der Waals surface area contributed by atoms with Gasteiger partial charge in [-0.05, 0) is 55.0 Å². The predicted octanol–water partition coefficient (Wildman–Crippen LogP) is 5.17. The molecule has 0 unspecified atom stereocenters. The number of benzene rings is 2. The molecule has 30 heavy (non-hydrogen) atoms. The van der Waals surface area contributed by atoms with Crippen molar-refractivity contribution in [2.75, 3.05) is 6.61 Å². The van der Waals surface area contributed by atoms with Gasteiger partial charge in [0.1, 0.15) is 17.3 Å². The van der Waals surface area contributed by atoms with Gasteiger partial charge in [0.15, 0.2) is 0 Å². The molecule has 0 atom stereocenters. The summed E-state index contributed by atoms with van der Waals surface area (Å²) in [5, 5.41) is 15.1. The number of halogens is 1. The fourth-order valence-corrected chi connectivity index (χ4v) is 2.92. The van der Waals surface area contributed by atoms with Crippen molar-refractivity contribution >= 4 is 33.7 Å². The van der Waals surface area contributed by atoms with Gasteiger partial charge in [-0.3, -0.25) is 14.9 Å². The first-order valence-corrected chi connectivity index (χ1v) is 9.87. The molecule has 1 aromatic heterocycles. The quantitative estimate of drug-likeness (QED) is 0.277. The smallest absolute Gasteiger partial charge is 0.281 e. The SMILES string of the molecule is CCCOc1ccc(C(=O)N/N=C\c2ccc(-c3ccc(Br)cc3[N+](=O)[O-])o2)cc1. The van der Waals surface area contributed by atoms with E-state index in [0.29, 0.717) is 39.5 Å². The second-order valence-electron chi connectivity index (χ2n) is 6.19. The van der Waals surface area contributed by atoms with Crippen LogP contribution in [0.25, 0.3) is 11.3 Å². The summed E-state index contributed by atoms with van der Waals surface area (Å²) < 4.78 is 11.7. The van der Waals surface area contributed by atoms with Crippen LogP contribution in [-0.4, -0.2) is 23.7 Å². The molecule has 0 saturated heterocycles. The topological polar surface area (TPSA) is 107 Å². The van der Waals surface area contributed by atoms with Crippen molar-refractivity contribution in [2.24, 2.45) is 5.10 Å². The van der Waals surface area contributed by atoms with Gasteiger partial charge in [-0.1, -0.05) is 22.9 Å². The molecule has 0 saturated carbocycles. The summed E-state index contributed by atoms with van der Waals surface area (Å²) in [6, 6.07) is 14.6. The lowest BCUT2D eigenvalue weighted by Crippen LogP contribution is -2.17. The molecule has 0 spiro atoms. The van der Waals surface area contributed by atoms with Crippen LogP contribution in [0.2, 0.25) is 0 Å². The number of nitro groups is 1. The highest BCUT2D eigenvalue weighted by molar-refractivity contribution is 9.10. The second kappa shape index (κ2) is 9.84. The summed E-state index contributed by atoms with van der Waals surface area (Å²) in [4.78, 5) is 23.0. The van der Waals surface area contributed by atoms with Crippen LogP contribution in [0.1, 0.15) is 29.5 Å². The van der Waals surface area contributed by atoms with E-state index in [1.165, 1.54) is 12.3 Å². The number of hydrogen-bond acceptors (Lipinski definition) is 6. The minimum absolute atomic E-state index is 0.0816. The van der Waals surface area contributed by atoms with E-state index in [2.05, 4.69) is 26.5 Å². The van der Waals surface area contributed by atoms with Gasteiger partial charge in [-0.25, -0.2) is 5.43 Å². The highest BCUT2D eigenvalue weighted by Crippen LogP contribution is 2.33. The van der Waals surface area contributed by atoms with Crippen LogP contribution in [0.4, 0.5) is 5.69 Å². The first-order valence-electron chi connectivity index (χ1n) is 9.08. The number of nitro benzene ring substituents is 1. The number of hydrazone groups is 1. The molecule has 1 N–H and O–H groups in total. The largest absolute Gasteiger partial charge is 0.494 e. The molecule has 0 aliphatic carbocycles. The predicted molar refractivity (Wildman–Crippen MR) is 116 cm³/mol. The molecular formula is C21H18BrN3O5. The van der Waals surface area contributed by atoms with Crippen LogP contribution in [0.15, 0.2) is 68.6 Å². The second-order valence-corrected chi connectivity index (χ2v) is 7.11. The zero-order valence-corrected chi connectivity index (χ0v) is 17.6. The summed E-state index contributed by atoms with van der Waals surface area (Å²) >= 11 is 3.22. The minimum atomic E-state index is -0.477. The van der Waals surface area contributed by atoms with Crippen LogP contribution in [0.3, 0.4) is 0 Å². The van der Waals surface area contributed by atoms with Crippen LogP contribution in [-0.2, 0) is 0 Å². The first kappa shape index (κ1) is 21.3. The van der Waals surface area contributed by atoms with Crippen molar-refractivity contribution in [3.63, 3.8) is 0 Å². The standard InChI is InChI=1S/C21H18BrN3O5/c1-2-11-29-16-6-3-14(4-7-16)21(26)24-23-13-17-8-10-20(30-17)18-9-5-15(22)12-19(18)25(27)28/h3-10,12-13H,2,11H2,1H3,(H,24,26)/b23-13-. The van der Waals surface area contributed by atoms with Gasteiger partial charge in [-0.2, -0.15) is 5.10 Å². The Kier molecular flexibility index (Phi) is 6.97. The van der Waals surface area contributed by atoms with Crippen LogP contribution >= 0.6 is 15.9 Å². The van der Waals surface area contributed by atoms with E-state index in [1.54, 1.807) is 48.5 Å². The number of hydrogen-bond donors (Lipinski definition) is 1. The summed E-state index contributed by atoms with van der Waals surface area (Å²) in [5.74, 6) is 0.973. The van der Waals surface area contributed by atoms with E-state index >= 15 is 0 Å². The molecule has 0 aliphatic heterocycles. The molecule has 2 aromatic carbocycles. The number of carbonyl (C=O) groups is 1. The molecular weight excluding hydrogens is 454 g/mol. The highest BCUT2D eigenvalue weighted by Gasteiger charge is 2.18. The third-order valence-corrected chi connectivity index (χ3v) is 4.49. The lowest BCUT2D eigenvalue weighted by molar-refractivity contribution is -0.384. The van der Waals surface area contributed by atoms with Gasteiger partial charge in [0.25, 0.3) is 11.6 Å². The van der Waals surface area contributed by atoms with Gasteiger partial charge in [0.2, 0.25) is 0 Å². The Hall–Kier alpha value is -3.46. The third-order valence-electron chi connectivity index (χ3n) is 4.00. The van der Waals surface area contributed by atoms with Gasteiger partial charge < -0.3 is 9.15 Å². The number of ether oxygens (including phenoxy) is 1. The highest BCUT2D eigenvalue weighted by atomic mass is 79.9. The van der Waals surface area contributed by atoms with E-state index < -0.39 is 4.92 Å². The molecule has 0 fully saturated rings. The average molecular weight is 472 g/mol. The van der Waals surface area contributed by atoms with E-state index in [1.807, 2.05) is 6.92 Å². The summed E-state index contributed by atoms with van der Waals surface area (Å²) in [7, 11) is 0. The van der Waals surface area contributed by atoms with Crippen molar-refractivity contribution < 1.29 is 18.9 Å². The number of furan rings is 1. The summed E-state index contributed by atoms with van der Waals surface area (Å²) in [5.41, 5.74) is 3.11. The minimum Gasteiger partial charge on any atom is -0.494 e. The summed E-state index contributed by atoms with van der Waals surface area (Å²) in [6.45, 7) is 2.63. The fraction of sp³-hybridized carbons (Fsp3) is 0.143. The summed E-state index contributed by atoms with van der Waals surface area (Å²) in [6.07, 6.45) is 2.23. The lowest BCUT2D eigenvalue weighted by Gasteiger charge is -2.05. The first-order chi connectivity index (χ1) is 14.5. The Balaban J connectivity index is 1.65. The fourth-order valence-electron chi connectivity index (χ4n) is 2.57. The van der Waals surface area contributed by atoms with Gasteiger partial charge in [0, 0.05) is 16.1 Å². The number of nitrogens with zero attached hydrogens (tertiary/aromatic N) is 2. The molecule has 8 nitrogen and oxygen atoms in total.